The summed E-state index contributed by atoms with van der Waals surface area (Å²) in [4.78, 5) is 11.6. The van der Waals surface area contributed by atoms with E-state index < -0.39 is 72.3 Å². The van der Waals surface area contributed by atoms with Crippen LogP contribution in [0.2, 0.25) is 0 Å². The second-order valence-corrected chi connectivity index (χ2v) is 6.76. The number of rotatable bonds is 3. The van der Waals surface area contributed by atoms with Gasteiger partial charge < -0.3 is 4.74 Å². The zero-order chi connectivity index (χ0) is 30.6. The van der Waals surface area contributed by atoms with Gasteiger partial charge in [0.15, 0.2) is 0 Å². The number of alkyl halides is 20. The quantitative estimate of drug-likeness (QED) is 0.313. The Kier molecular flexibility index (Phi) is 6.56. The summed E-state index contributed by atoms with van der Waals surface area (Å²) in [6, 6.07) is 0. The smallest absolute Gasteiger partial charge is 0.392 e. The average Bonchev–Trinajstić information content (AvgIpc) is 3.00. The lowest BCUT2D eigenvalue weighted by Crippen LogP contribution is -2.65. The van der Waals surface area contributed by atoms with Gasteiger partial charge >= 0.3 is 72.3 Å². The summed E-state index contributed by atoms with van der Waals surface area (Å²) in [6.07, 6.45) is -52.0. The van der Waals surface area contributed by atoms with Crippen molar-refractivity contribution in [3.8, 4) is 0 Å². The first-order valence-corrected chi connectivity index (χ1v) is 8.03. The molecule has 2 fully saturated rings. The van der Waals surface area contributed by atoms with Gasteiger partial charge in [-0.05, 0) is 0 Å². The van der Waals surface area contributed by atoms with Crippen molar-refractivity contribution < 1.29 is 116 Å². The highest BCUT2D eigenvalue weighted by Gasteiger charge is 2.95. The fourth-order valence-electron chi connectivity index (χ4n) is 2.46. The molecular formula is C12F20O6. The molecule has 2 aliphatic rings. The van der Waals surface area contributed by atoms with E-state index in [0.717, 1.165) is 0 Å². The van der Waals surface area contributed by atoms with Crippen LogP contribution in [-0.4, -0.2) is 72.3 Å². The Bertz CT molecular complexity index is 965. The first-order chi connectivity index (χ1) is 16.2. The largest absolute Gasteiger partial charge is 0.466 e. The highest BCUT2D eigenvalue weighted by atomic mass is 19.4. The average molecular weight is 620 g/mol. The van der Waals surface area contributed by atoms with Crippen molar-refractivity contribution in [2.75, 3.05) is 0 Å². The van der Waals surface area contributed by atoms with E-state index in [2.05, 4.69) is 9.47 Å². The molecule has 224 valence electrons. The predicted octanol–water partition coefficient (Wildman–Crippen LogP) is 5.38. The van der Waals surface area contributed by atoms with Crippen LogP contribution in [0.1, 0.15) is 0 Å². The van der Waals surface area contributed by atoms with Gasteiger partial charge in [0.2, 0.25) is 0 Å². The number of carbonyl (C=O) groups excluding carboxylic acids is 1. The van der Waals surface area contributed by atoms with Crippen molar-refractivity contribution in [1.82, 2.24) is 0 Å². The lowest BCUT2D eigenvalue weighted by molar-refractivity contribution is -0.487. The Balaban J connectivity index is 2.70. The van der Waals surface area contributed by atoms with Crippen LogP contribution < -0.4 is 0 Å². The zero-order valence-corrected chi connectivity index (χ0v) is 16.0. The summed E-state index contributed by atoms with van der Waals surface area (Å²) in [5.74, 6) is -33.3. The van der Waals surface area contributed by atoms with Crippen LogP contribution >= 0.6 is 0 Å². The topological polar surface area (TPSA) is 63.2 Å². The van der Waals surface area contributed by atoms with Crippen LogP contribution in [0.15, 0.2) is 0 Å². The first-order valence-electron chi connectivity index (χ1n) is 8.03. The third kappa shape index (κ3) is 3.99. The van der Waals surface area contributed by atoms with Gasteiger partial charge in [0.05, 0.1) is 0 Å². The predicted molar refractivity (Wildman–Crippen MR) is 62.6 cm³/mol. The third-order valence-corrected chi connectivity index (χ3v) is 4.21. The number of hydrogen-bond donors (Lipinski definition) is 0. The van der Waals surface area contributed by atoms with E-state index in [1.807, 2.05) is 14.2 Å². The first kappa shape index (κ1) is 32.1. The molecule has 0 aromatic heterocycles. The highest BCUT2D eigenvalue weighted by molar-refractivity contribution is 5.80. The number of hydrogen-bond acceptors (Lipinski definition) is 6. The van der Waals surface area contributed by atoms with E-state index in [1.165, 1.54) is 0 Å². The molecule has 0 aromatic carbocycles. The third-order valence-electron chi connectivity index (χ3n) is 4.21. The SMILES string of the molecule is O=C(OC(F)(F)C1(C(F)(F)F)OC(F)(F)C(F)(C(F)(F)F)O1)C1(C(F)(F)F)OC(F)(F)C(F)(C(F)(F)F)O1. The summed E-state index contributed by atoms with van der Waals surface area (Å²) in [7, 11) is 0. The van der Waals surface area contributed by atoms with Gasteiger partial charge in [0, 0.05) is 0 Å². The molecule has 0 saturated carbocycles. The molecular weight excluding hydrogens is 620 g/mol. The Hall–Kier alpha value is -2.09. The molecule has 2 heterocycles. The summed E-state index contributed by atoms with van der Waals surface area (Å²) in [5.41, 5.74) is 0. The molecule has 0 aliphatic carbocycles. The molecule has 0 radical (unpaired) electrons. The van der Waals surface area contributed by atoms with E-state index in [0.29, 0.717) is 0 Å². The van der Waals surface area contributed by atoms with Gasteiger partial charge in [-0.15, -0.1) is 0 Å². The lowest BCUT2D eigenvalue weighted by Gasteiger charge is -2.36. The van der Waals surface area contributed by atoms with Crippen LogP contribution in [0, 0.1) is 0 Å². The van der Waals surface area contributed by atoms with Crippen LogP contribution in [0.4, 0.5) is 87.8 Å². The Morgan fingerprint density at radius 3 is 1.16 bits per heavy atom. The van der Waals surface area contributed by atoms with E-state index in [9.17, 15) is 92.6 Å². The minimum absolute atomic E-state index is 1.96. The maximum atomic E-state index is 14.2. The fourth-order valence-corrected chi connectivity index (χ4v) is 2.46. The molecule has 0 spiro atoms. The molecule has 2 aliphatic heterocycles. The second-order valence-electron chi connectivity index (χ2n) is 6.76. The van der Waals surface area contributed by atoms with Crippen LogP contribution in [0.25, 0.3) is 0 Å². The summed E-state index contributed by atoms with van der Waals surface area (Å²) in [5, 5.41) is 0. The van der Waals surface area contributed by atoms with Crippen molar-refractivity contribution in [3.63, 3.8) is 0 Å². The number of esters is 1. The van der Waals surface area contributed by atoms with Gasteiger partial charge in [-0.25, -0.2) is 4.79 Å². The van der Waals surface area contributed by atoms with E-state index in [1.54, 1.807) is 0 Å². The zero-order valence-electron chi connectivity index (χ0n) is 16.0. The van der Waals surface area contributed by atoms with Crippen LogP contribution in [0.3, 0.4) is 0 Å². The molecule has 0 aromatic rings. The van der Waals surface area contributed by atoms with E-state index in [4.69, 9.17) is 0 Å². The molecule has 4 atom stereocenters. The van der Waals surface area contributed by atoms with E-state index >= 15 is 0 Å². The monoisotopic (exact) mass is 620 g/mol. The molecule has 0 amide bonds. The molecule has 4 unspecified atom stereocenters. The summed E-state index contributed by atoms with van der Waals surface area (Å²) >= 11 is 0. The Morgan fingerprint density at radius 2 is 0.868 bits per heavy atom. The fraction of sp³-hybridized carbons (Fsp3) is 0.917. The van der Waals surface area contributed by atoms with Crippen LogP contribution in [0.5, 0.6) is 0 Å². The molecule has 2 saturated heterocycles. The second kappa shape index (κ2) is 7.76. The molecule has 6 nitrogen and oxygen atoms in total. The maximum Gasteiger partial charge on any atom is 0.466 e. The van der Waals surface area contributed by atoms with Crippen molar-refractivity contribution >= 4 is 5.97 Å². The van der Waals surface area contributed by atoms with E-state index in [-0.39, 0.29) is 0 Å². The summed E-state index contributed by atoms with van der Waals surface area (Å²) < 4.78 is 274. The molecule has 0 N–H and O–H groups in total. The number of halogens is 20. The number of ether oxygens (including phenoxy) is 5. The Morgan fingerprint density at radius 1 is 0.500 bits per heavy atom. The standard InChI is InChI=1S/C12F20O6/c13-3(7(18,19)20)10(27,28)36-2(35-3,6(15,16)17)1(33)34-12(31,32)5(9(24,25)26)37-4(14,8(21,22)23)11(29,30)38-5. The van der Waals surface area contributed by atoms with Crippen molar-refractivity contribution in [2.24, 2.45) is 0 Å². The maximum absolute atomic E-state index is 14.2. The highest BCUT2D eigenvalue weighted by Crippen LogP contribution is 2.64. The van der Waals surface area contributed by atoms with Gasteiger partial charge in [0.1, 0.15) is 0 Å². The van der Waals surface area contributed by atoms with Crippen molar-refractivity contribution in [1.29, 1.82) is 0 Å². The molecule has 26 heteroatoms. The minimum Gasteiger partial charge on any atom is -0.392 e. The van der Waals surface area contributed by atoms with Crippen molar-refractivity contribution in [2.45, 2.75) is 66.3 Å². The van der Waals surface area contributed by atoms with Gasteiger partial charge in [-0.3, -0.25) is 18.9 Å². The van der Waals surface area contributed by atoms with Crippen molar-refractivity contribution in [3.05, 3.63) is 0 Å². The van der Waals surface area contributed by atoms with Gasteiger partial charge in [0.25, 0.3) is 0 Å². The lowest BCUT2D eigenvalue weighted by atomic mass is 10.2. The summed E-state index contributed by atoms with van der Waals surface area (Å²) in [6.45, 7) is 0. The van der Waals surface area contributed by atoms with Gasteiger partial charge in [-0.1, -0.05) is 0 Å². The number of carbonyl (C=O) groups is 1. The molecule has 38 heavy (non-hydrogen) atoms. The Labute approximate surface area is 190 Å². The molecule has 0 bridgehead atoms. The normalized spacial score (nSPS) is 36.4. The molecule has 2 rings (SSSR count). The van der Waals surface area contributed by atoms with Gasteiger partial charge in [-0.2, -0.15) is 87.8 Å². The minimum atomic E-state index is -7.71. The van der Waals surface area contributed by atoms with Crippen LogP contribution in [-0.2, 0) is 28.5 Å².